The number of thiazole rings is 1. The van der Waals surface area contributed by atoms with Gasteiger partial charge in [-0.05, 0) is 43.2 Å². The lowest BCUT2D eigenvalue weighted by Crippen LogP contribution is -2.48. The number of rotatable bonds is 5. The second-order valence-electron chi connectivity index (χ2n) is 7.57. The summed E-state index contributed by atoms with van der Waals surface area (Å²) in [4.78, 5) is 30.7. The molecule has 1 unspecified atom stereocenters. The molecular weight excluding hydrogens is 400 g/mol. The van der Waals surface area contributed by atoms with Gasteiger partial charge < -0.3 is 9.47 Å². The molecule has 0 aliphatic carbocycles. The smallest absolute Gasteiger partial charge is 0.339 e. The number of carbonyl (C=O) groups is 2. The summed E-state index contributed by atoms with van der Waals surface area (Å²) in [6, 6.07) is 13.4. The number of hydrogen-bond donors (Lipinski definition) is 1. The van der Waals surface area contributed by atoms with E-state index in [0.29, 0.717) is 23.5 Å². The lowest BCUT2D eigenvalue weighted by Gasteiger charge is -2.32. The quantitative estimate of drug-likeness (QED) is 0.625. The largest absolute Gasteiger partial charge is 0.497 e. The highest BCUT2D eigenvalue weighted by molar-refractivity contribution is 7.15. The molecule has 1 N–H and O–H groups in total. The minimum atomic E-state index is -1.28. The molecule has 6 nitrogen and oxygen atoms in total. The number of cyclic esters (lactones) is 1. The molecule has 0 fully saturated rings. The fourth-order valence-corrected chi connectivity index (χ4v) is 4.32. The molecule has 1 aliphatic rings. The Morgan fingerprint density at radius 3 is 2.77 bits per heavy atom. The summed E-state index contributed by atoms with van der Waals surface area (Å²) < 4.78 is 10.7. The van der Waals surface area contributed by atoms with E-state index in [1.807, 2.05) is 43.3 Å². The first-order valence-corrected chi connectivity index (χ1v) is 10.4. The standard InChI is InChI=1S/C23H22N2O4S/c1-14-4-9-19-16(10-14)12-23(2,29-20(19)26)21(27)25-22-24-13-18(30-22)11-15-5-7-17(28-3)8-6-15/h4-10,13H,11-12H2,1-3H3,(H,24,25,27). The van der Waals surface area contributed by atoms with Crippen LogP contribution < -0.4 is 10.1 Å². The number of methoxy groups -OCH3 is 1. The van der Waals surface area contributed by atoms with Crippen molar-refractivity contribution in [3.63, 3.8) is 0 Å². The molecule has 0 saturated carbocycles. The highest BCUT2D eigenvalue weighted by atomic mass is 32.1. The summed E-state index contributed by atoms with van der Waals surface area (Å²) in [5.41, 5.74) is 2.22. The van der Waals surface area contributed by atoms with Crippen LogP contribution in [0.5, 0.6) is 5.75 Å². The number of ether oxygens (including phenoxy) is 2. The lowest BCUT2D eigenvalue weighted by atomic mass is 9.88. The van der Waals surface area contributed by atoms with Crippen molar-refractivity contribution in [3.05, 3.63) is 75.8 Å². The Bertz CT molecular complexity index is 1110. The Morgan fingerprint density at radius 1 is 1.27 bits per heavy atom. The van der Waals surface area contributed by atoms with Crippen LogP contribution in [-0.4, -0.2) is 29.6 Å². The van der Waals surface area contributed by atoms with Crippen LogP contribution in [0.3, 0.4) is 0 Å². The van der Waals surface area contributed by atoms with Gasteiger partial charge in [0.2, 0.25) is 0 Å². The maximum atomic E-state index is 12.9. The number of hydrogen-bond acceptors (Lipinski definition) is 6. The van der Waals surface area contributed by atoms with Gasteiger partial charge in [-0.1, -0.05) is 29.8 Å². The molecule has 30 heavy (non-hydrogen) atoms. The number of anilines is 1. The molecule has 1 aromatic heterocycles. The summed E-state index contributed by atoms with van der Waals surface area (Å²) in [6.45, 7) is 3.59. The number of amides is 1. The highest BCUT2D eigenvalue weighted by Crippen LogP contribution is 2.31. The Labute approximate surface area is 178 Å². The van der Waals surface area contributed by atoms with E-state index in [-0.39, 0.29) is 5.91 Å². The molecule has 154 valence electrons. The fraction of sp³-hybridized carbons (Fsp3) is 0.261. The predicted molar refractivity (Wildman–Crippen MR) is 115 cm³/mol. The third kappa shape index (κ3) is 4.07. The number of carbonyl (C=O) groups excluding carboxylic acids is 2. The second kappa shape index (κ2) is 7.91. The number of aryl methyl sites for hydroxylation is 1. The number of nitrogens with one attached hydrogen (secondary N) is 1. The number of esters is 1. The van der Waals surface area contributed by atoms with Crippen LogP contribution >= 0.6 is 11.3 Å². The van der Waals surface area contributed by atoms with Gasteiger partial charge in [0.1, 0.15) is 5.75 Å². The third-order valence-electron chi connectivity index (χ3n) is 5.12. The normalized spacial score (nSPS) is 17.8. The molecule has 4 rings (SSSR count). The van der Waals surface area contributed by atoms with E-state index in [2.05, 4.69) is 10.3 Å². The molecule has 0 radical (unpaired) electrons. The van der Waals surface area contributed by atoms with Gasteiger partial charge in [-0.2, -0.15) is 0 Å². The molecule has 7 heteroatoms. The van der Waals surface area contributed by atoms with Crippen molar-refractivity contribution in [1.29, 1.82) is 0 Å². The van der Waals surface area contributed by atoms with Crippen LogP contribution in [0.25, 0.3) is 0 Å². The molecule has 1 atom stereocenters. The molecular formula is C23H22N2O4S. The first-order chi connectivity index (χ1) is 14.4. The highest BCUT2D eigenvalue weighted by Gasteiger charge is 2.43. The van der Waals surface area contributed by atoms with Crippen LogP contribution in [0, 0.1) is 6.92 Å². The predicted octanol–water partition coefficient (Wildman–Crippen LogP) is 4.16. The van der Waals surface area contributed by atoms with E-state index < -0.39 is 11.6 Å². The van der Waals surface area contributed by atoms with Crippen molar-refractivity contribution in [1.82, 2.24) is 4.98 Å². The molecule has 3 aromatic rings. The molecule has 2 aromatic carbocycles. The summed E-state index contributed by atoms with van der Waals surface area (Å²) in [7, 11) is 1.64. The Morgan fingerprint density at radius 2 is 2.03 bits per heavy atom. The van der Waals surface area contributed by atoms with Crippen molar-refractivity contribution in [2.75, 3.05) is 12.4 Å². The topological polar surface area (TPSA) is 77.5 Å². The van der Waals surface area contributed by atoms with Crippen LogP contribution in [0.15, 0.2) is 48.7 Å². The third-order valence-corrected chi connectivity index (χ3v) is 6.03. The van der Waals surface area contributed by atoms with Gasteiger partial charge >= 0.3 is 5.97 Å². The minimum absolute atomic E-state index is 0.325. The van der Waals surface area contributed by atoms with Crippen molar-refractivity contribution in [2.45, 2.75) is 32.3 Å². The molecule has 0 bridgehead atoms. The van der Waals surface area contributed by atoms with E-state index in [1.54, 1.807) is 26.3 Å². The molecule has 0 saturated heterocycles. The number of nitrogens with zero attached hydrogens (tertiary/aromatic N) is 1. The molecule has 1 aliphatic heterocycles. The number of benzene rings is 2. The van der Waals surface area contributed by atoms with Crippen LogP contribution in [0.1, 0.15) is 38.8 Å². The zero-order chi connectivity index (χ0) is 21.3. The SMILES string of the molecule is COc1ccc(Cc2cnc(NC(=O)C3(C)Cc4cc(C)ccc4C(=O)O3)s2)cc1. The average molecular weight is 423 g/mol. The van der Waals surface area contributed by atoms with Crippen molar-refractivity contribution in [2.24, 2.45) is 0 Å². The van der Waals surface area contributed by atoms with E-state index in [4.69, 9.17) is 9.47 Å². The molecule has 2 heterocycles. The van der Waals surface area contributed by atoms with E-state index in [0.717, 1.165) is 27.3 Å². The maximum Gasteiger partial charge on any atom is 0.339 e. The first kappa shape index (κ1) is 20.1. The molecule has 1 amide bonds. The number of fused-ring (bicyclic) bond motifs is 1. The zero-order valence-electron chi connectivity index (χ0n) is 17.0. The van der Waals surface area contributed by atoms with E-state index in [9.17, 15) is 9.59 Å². The Kier molecular flexibility index (Phi) is 5.30. The number of aromatic nitrogens is 1. The van der Waals surface area contributed by atoms with Gasteiger partial charge in [-0.15, -0.1) is 11.3 Å². The van der Waals surface area contributed by atoms with E-state index >= 15 is 0 Å². The van der Waals surface area contributed by atoms with Gasteiger partial charge in [0.25, 0.3) is 5.91 Å². The van der Waals surface area contributed by atoms with E-state index in [1.165, 1.54) is 11.3 Å². The maximum absolute atomic E-state index is 12.9. The van der Waals surface area contributed by atoms with Gasteiger partial charge in [0, 0.05) is 23.9 Å². The van der Waals surface area contributed by atoms with Crippen molar-refractivity contribution < 1.29 is 19.1 Å². The van der Waals surface area contributed by atoms with Crippen LogP contribution in [-0.2, 0) is 22.4 Å². The van der Waals surface area contributed by atoms with Crippen molar-refractivity contribution in [3.8, 4) is 5.75 Å². The lowest BCUT2D eigenvalue weighted by molar-refractivity contribution is -0.134. The van der Waals surface area contributed by atoms with Gasteiger partial charge in [-0.3, -0.25) is 10.1 Å². The van der Waals surface area contributed by atoms with Gasteiger partial charge in [-0.25, -0.2) is 9.78 Å². The Balaban J connectivity index is 1.45. The Hall–Kier alpha value is -3.19. The minimum Gasteiger partial charge on any atom is -0.497 e. The fourth-order valence-electron chi connectivity index (χ4n) is 3.47. The average Bonchev–Trinajstić information content (AvgIpc) is 3.14. The second-order valence-corrected chi connectivity index (χ2v) is 8.68. The van der Waals surface area contributed by atoms with Gasteiger partial charge in [0.05, 0.1) is 12.7 Å². The summed E-state index contributed by atoms with van der Waals surface area (Å²) in [5, 5.41) is 3.30. The summed E-state index contributed by atoms with van der Waals surface area (Å²) >= 11 is 1.40. The van der Waals surface area contributed by atoms with Crippen LogP contribution in [0.4, 0.5) is 5.13 Å². The summed E-state index contributed by atoms with van der Waals surface area (Å²) in [6.07, 6.45) is 2.78. The first-order valence-electron chi connectivity index (χ1n) is 9.58. The van der Waals surface area contributed by atoms with Crippen molar-refractivity contribution >= 4 is 28.3 Å². The monoisotopic (exact) mass is 422 g/mol. The van der Waals surface area contributed by atoms with Gasteiger partial charge in [0.15, 0.2) is 10.7 Å². The van der Waals surface area contributed by atoms with Crippen LogP contribution in [0.2, 0.25) is 0 Å². The zero-order valence-corrected chi connectivity index (χ0v) is 17.8. The molecule has 0 spiro atoms. The summed E-state index contributed by atoms with van der Waals surface area (Å²) in [5.74, 6) is -0.0513.